The van der Waals surface area contributed by atoms with Crippen LogP contribution in [0.1, 0.15) is 15.9 Å². The molecule has 104 valence electrons. The largest absolute Gasteiger partial charge is 1.00 e. The van der Waals surface area contributed by atoms with Crippen LogP contribution >= 0.6 is 0 Å². The van der Waals surface area contributed by atoms with Crippen LogP contribution in [0.15, 0.2) is 47.4 Å². The molecule has 0 fully saturated rings. The molecule has 0 bridgehead atoms. The molecule has 0 aliphatic rings. The molecule has 2 aromatic carbocycles. The molecule has 21 heavy (non-hydrogen) atoms. The Bertz CT molecular complexity index is 771. The van der Waals surface area contributed by atoms with Gasteiger partial charge in [-0.25, -0.2) is 8.42 Å². The molecular weight excluding hydrogens is 307 g/mol. The minimum absolute atomic E-state index is 0. The molecule has 0 aliphatic heterocycles. The average Bonchev–Trinajstić information content (AvgIpc) is 2.37. The number of aromatic hydroxyl groups is 2. The molecule has 0 amide bonds. The first kappa shape index (κ1) is 17.7. The second-order valence-corrected chi connectivity index (χ2v) is 5.33. The van der Waals surface area contributed by atoms with Crippen molar-refractivity contribution in [2.75, 3.05) is 0 Å². The Morgan fingerprint density at radius 3 is 2.10 bits per heavy atom. The summed E-state index contributed by atoms with van der Waals surface area (Å²) in [4.78, 5) is 11.2. The normalized spacial score (nSPS) is 10.7. The third-order valence-corrected chi connectivity index (χ3v) is 3.49. The van der Waals surface area contributed by atoms with Gasteiger partial charge in [-0.1, -0.05) is 30.3 Å². The number of rotatable bonds is 3. The minimum Gasteiger partial charge on any atom is -0.744 e. The Labute approximate surface area is 143 Å². The Morgan fingerprint density at radius 2 is 1.57 bits per heavy atom. The zero-order chi connectivity index (χ0) is 14.9. The molecule has 0 saturated carbocycles. The van der Waals surface area contributed by atoms with Crippen molar-refractivity contribution in [3.8, 4) is 11.5 Å². The van der Waals surface area contributed by atoms with Crippen LogP contribution in [0.2, 0.25) is 0 Å². The van der Waals surface area contributed by atoms with Gasteiger partial charge < -0.3 is 14.8 Å². The van der Waals surface area contributed by atoms with Gasteiger partial charge in [-0.05, 0) is 6.07 Å². The van der Waals surface area contributed by atoms with E-state index >= 15 is 0 Å². The molecule has 2 N–H and O–H groups in total. The van der Waals surface area contributed by atoms with Crippen molar-refractivity contribution in [2.45, 2.75) is 4.90 Å². The van der Waals surface area contributed by atoms with E-state index in [-0.39, 0.29) is 40.7 Å². The summed E-state index contributed by atoms with van der Waals surface area (Å²) in [6, 6.07) is 9.14. The second-order valence-electron chi connectivity index (χ2n) is 3.99. The van der Waals surface area contributed by atoms with Gasteiger partial charge in [0.2, 0.25) is 0 Å². The maximum atomic E-state index is 12.1. The molecule has 0 aromatic heterocycles. The molecule has 0 radical (unpaired) electrons. The monoisotopic (exact) mass is 316 g/mol. The summed E-state index contributed by atoms with van der Waals surface area (Å²) in [6.07, 6.45) is 0. The van der Waals surface area contributed by atoms with Gasteiger partial charge in [-0.2, -0.15) is 0 Å². The van der Waals surface area contributed by atoms with E-state index in [4.69, 9.17) is 0 Å². The van der Waals surface area contributed by atoms with E-state index in [1.807, 2.05) is 0 Å². The quantitative estimate of drug-likeness (QED) is 0.394. The van der Waals surface area contributed by atoms with Gasteiger partial charge in [-0.15, -0.1) is 0 Å². The summed E-state index contributed by atoms with van der Waals surface area (Å²) in [7, 11) is -4.95. The van der Waals surface area contributed by atoms with Gasteiger partial charge in [0.05, 0.1) is 10.5 Å². The maximum Gasteiger partial charge on any atom is 1.00 e. The van der Waals surface area contributed by atoms with Crippen LogP contribution in [0.5, 0.6) is 11.5 Å². The number of phenolic OH excluding ortho intramolecular Hbond substituents is 2. The van der Waals surface area contributed by atoms with Crippen LogP contribution in [0.3, 0.4) is 0 Å². The number of hydrogen-bond acceptors (Lipinski definition) is 6. The number of carbonyl (C=O) groups is 1. The van der Waals surface area contributed by atoms with Crippen LogP contribution in [-0.4, -0.2) is 29.0 Å². The summed E-state index contributed by atoms with van der Waals surface area (Å²) >= 11 is 0. The van der Waals surface area contributed by atoms with Crippen molar-refractivity contribution in [1.29, 1.82) is 0 Å². The Morgan fingerprint density at radius 1 is 1.00 bits per heavy atom. The fourth-order valence-corrected chi connectivity index (χ4v) is 2.26. The topological polar surface area (TPSA) is 115 Å². The molecule has 0 spiro atoms. The first-order valence-corrected chi connectivity index (χ1v) is 6.83. The van der Waals surface area contributed by atoms with E-state index in [1.54, 1.807) is 18.2 Å². The van der Waals surface area contributed by atoms with Gasteiger partial charge in [-0.3, -0.25) is 4.79 Å². The molecule has 0 saturated heterocycles. The minimum atomic E-state index is -4.95. The zero-order valence-electron chi connectivity index (χ0n) is 11.0. The van der Waals surface area contributed by atoms with Crippen molar-refractivity contribution in [3.63, 3.8) is 0 Å². The van der Waals surface area contributed by atoms with Gasteiger partial charge in [0, 0.05) is 11.6 Å². The smallest absolute Gasteiger partial charge is 0.744 e. The van der Waals surface area contributed by atoms with E-state index in [0.29, 0.717) is 12.1 Å². The predicted octanol–water partition coefficient (Wildman–Crippen LogP) is -1.76. The molecule has 0 aliphatic carbocycles. The predicted molar refractivity (Wildman–Crippen MR) is 67.6 cm³/mol. The van der Waals surface area contributed by atoms with Crippen molar-refractivity contribution in [1.82, 2.24) is 0 Å². The molecule has 2 aromatic rings. The van der Waals surface area contributed by atoms with Gasteiger partial charge in [0.25, 0.3) is 0 Å². The van der Waals surface area contributed by atoms with Crippen molar-refractivity contribution in [3.05, 3.63) is 53.6 Å². The summed E-state index contributed by atoms with van der Waals surface area (Å²) in [5, 5.41) is 19.0. The summed E-state index contributed by atoms with van der Waals surface area (Å²) in [5.41, 5.74) is -0.161. The summed E-state index contributed by atoms with van der Waals surface area (Å²) < 4.78 is 32.9. The third-order valence-electron chi connectivity index (χ3n) is 2.63. The first-order chi connectivity index (χ1) is 9.30. The fraction of sp³-hybridized carbons (Fsp3) is 0. The van der Waals surface area contributed by atoms with E-state index in [1.165, 1.54) is 12.1 Å². The van der Waals surface area contributed by atoms with E-state index in [0.717, 1.165) is 0 Å². The van der Waals surface area contributed by atoms with Crippen LogP contribution in [0.4, 0.5) is 0 Å². The van der Waals surface area contributed by atoms with Crippen molar-refractivity contribution < 1.29 is 57.5 Å². The Hall–Kier alpha value is -1.38. The van der Waals surface area contributed by atoms with Crippen LogP contribution < -0.4 is 29.6 Å². The van der Waals surface area contributed by atoms with E-state index in [2.05, 4.69) is 0 Å². The third kappa shape index (κ3) is 3.84. The zero-order valence-corrected chi connectivity index (χ0v) is 13.8. The molecular formula is C13H9NaO6S. The number of benzene rings is 2. The Kier molecular flexibility index (Phi) is 5.54. The maximum absolute atomic E-state index is 12.1. The SMILES string of the molecule is O=C(c1ccccc1)c1cc(S(=O)(=O)[O-])c(O)cc1O.[Na+]. The summed E-state index contributed by atoms with van der Waals surface area (Å²) in [6.45, 7) is 0. The van der Waals surface area contributed by atoms with Crippen LogP contribution in [0, 0.1) is 0 Å². The van der Waals surface area contributed by atoms with Crippen LogP contribution in [-0.2, 0) is 10.1 Å². The molecule has 2 rings (SSSR count). The van der Waals surface area contributed by atoms with Gasteiger partial charge >= 0.3 is 29.6 Å². The molecule has 0 heterocycles. The molecule has 0 unspecified atom stereocenters. The van der Waals surface area contributed by atoms with E-state index < -0.39 is 32.3 Å². The van der Waals surface area contributed by atoms with E-state index in [9.17, 15) is 28.0 Å². The first-order valence-electron chi connectivity index (χ1n) is 5.42. The van der Waals surface area contributed by atoms with Crippen molar-refractivity contribution in [2.24, 2.45) is 0 Å². The van der Waals surface area contributed by atoms with Gasteiger partial charge in [0.15, 0.2) is 5.78 Å². The second kappa shape index (κ2) is 6.59. The standard InChI is InChI=1S/C13H10O6S.Na/c14-10-7-11(15)12(20(17,18)19)6-9(10)13(16)8-4-2-1-3-5-8;/h1-7,14-15H,(H,17,18,19);/q;+1/p-1. The van der Waals surface area contributed by atoms with Gasteiger partial charge in [0.1, 0.15) is 21.6 Å². The van der Waals surface area contributed by atoms with Crippen LogP contribution in [0.25, 0.3) is 0 Å². The van der Waals surface area contributed by atoms with Crippen molar-refractivity contribution >= 4 is 15.9 Å². The molecule has 8 heteroatoms. The number of ketones is 1. The molecule has 6 nitrogen and oxygen atoms in total. The molecule has 0 atom stereocenters. The summed E-state index contributed by atoms with van der Waals surface area (Å²) in [5.74, 6) is -2.17. The Balaban J connectivity index is 0.00000220. The average molecular weight is 316 g/mol. The number of phenols is 2. The number of carbonyl (C=O) groups excluding carboxylic acids is 1. The number of hydrogen-bond donors (Lipinski definition) is 2. The fourth-order valence-electron chi connectivity index (χ4n) is 1.68.